The Balaban J connectivity index is 2.77. The highest BCUT2D eigenvalue weighted by atomic mass is 35.5. The molecule has 0 unspecified atom stereocenters. The standard InChI is InChI=1S/C13H17ClF3NO3/c1-3-18-8-9-6-10(14)7-11(19-2)12(9)20-4-5-21-13(15,16)17/h6-7,18H,3-5,8H2,1-2H3. The Bertz CT molecular complexity index is 455. The van der Waals surface area contributed by atoms with Crippen LogP contribution in [0.3, 0.4) is 0 Å². The summed E-state index contributed by atoms with van der Waals surface area (Å²) in [5.74, 6) is 0.719. The molecule has 0 bridgehead atoms. The fourth-order valence-electron chi connectivity index (χ4n) is 1.63. The summed E-state index contributed by atoms with van der Waals surface area (Å²) >= 11 is 5.96. The zero-order valence-corrected chi connectivity index (χ0v) is 12.5. The lowest BCUT2D eigenvalue weighted by atomic mass is 10.2. The highest BCUT2D eigenvalue weighted by molar-refractivity contribution is 6.30. The second-order valence-electron chi connectivity index (χ2n) is 4.02. The maximum absolute atomic E-state index is 11.9. The minimum atomic E-state index is -4.67. The molecule has 4 nitrogen and oxygen atoms in total. The van der Waals surface area contributed by atoms with E-state index in [4.69, 9.17) is 21.1 Å². The molecule has 1 aromatic carbocycles. The maximum Gasteiger partial charge on any atom is 0.522 e. The van der Waals surface area contributed by atoms with Gasteiger partial charge in [-0.2, -0.15) is 0 Å². The van der Waals surface area contributed by atoms with E-state index in [1.165, 1.54) is 13.2 Å². The molecule has 0 saturated carbocycles. The van der Waals surface area contributed by atoms with Gasteiger partial charge in [0, 0.05) is 23.2 Å². The van der Waals surface area contributed by atoms with E-state index in [0.717, 1.165) is 6.54 Å². The van der Waals surface area contributed by atoms with Crippen molar-refractivity contribution in [3.63, 3.8) is 0 Å². The highest BCUT2D eigenvalue weighted by Gasteiger charge is 2.28. The van der Waals surface area contributed by atoms with E-state index < -0.39 is 13.0 Å². The van der Waals surface area contributed by atoms with Gasteiger partial charge in [0.1, 0.15) is 6.61 Å². The van der Waals surface area contributed by atoms with Crippen molar-refractivity contribution in [2.75, 3.05) is 26.9 Å². The van der Waals surface area contributed by atoms with Crippen LogP contribution in [-0.4, -0.2) is 33.2 Å². The van der Waals surface area contributed by atoms with Gasteiger partial charge >= 0.3 is 6.36 Å². The highest BCUT2D eigenvalue weighted by Crippen LogP contribution is 2.34. The van der Waals surface area contributed by atoms with Crippen LogP contribution < -0.4 is 14.8 Å². The molecule has 1 N–H and O–H groups in total. The average Bonchev–Trinajstić information content (AvgIpc) is 2.40. The number of nitrogens with one attached hydrogen (secondary N) is 1. The van der Waals surface area contributed by atoms with Gasteiger partial charge in [-0.15, -0.1) is 13.2 Å². The molecule has 0 aliphatic carbocycles. The van der Waals surface area contributed by atoms with Gasteiger partial charge in [0.15, 0.2) is 11.5 Å². The molecule has 8 heteroatoms. The van der Waals surface area contributed by atoms with Gasteiger partial charge in [0.05, 0.1) is 13.7 Å². The van der Waals surface area contributed by atoms with E-state index in [9.17, 15) is 13.2 Å². The molecular formula is C13H17ClF3NO3. The molecule has 0 fully saturated rings. The Hall–Kier alpha value is -1.18. The molecule has 0 heterocycles. The molecule has 0 radical (unpaired) electrons. The smallest absolute Gasteiger partial charge is 0.493 e. The van der Waals surface area contributed by atoms with Crippen molar-refractivity contribution in [2.24, 2.45) is 0 Å². The van der Waals surface area contributed by atoms with Gasteiger partial charge in [-0.3, -0.25) is 4.74 Å². The number of alkyl halides is 3. The molecule has 0 saturated heterocycles. The summed E-state index contributed by atoms with van der Waals surface area (Å²) in [6.07, 6.45) is -4.67. The number of ether oxygens (including phenoxy) is 3. The van der Waals surface area contributed by atoms with Crippen LogP contribution in [0.2, 0.25) is 5.02 Å². The monoisotopic (exact) mass is 327 g/mol. The predicted molar refractivity (Wildman–Crippen MR) is 72.9 cm³/mol. The number of hydrogen-bond acceptors (Lipinski definition) is 4. The lowest BCUT2D eigenvalue weighted by molar-refractivity contribution is -0.325. The van der Waals surface area contributed by atoms with E-state index in [0.29, 0.717) is 28.6 Å². The molecule has 0 aromatic heterocycles. The van der Waals surface area contributed by atoms with Gasteiger partial charge in [-0.25, -0.2) is 0 Å². The normalized spacial score (nSPS) is 11.5. The number of rotatable bonds is 8. The van der Waals surface area contributed by atoms with Crippen molar-refractivity contribution in [1.82, 2.24) is 5.32 Å². The minimum absolute atomic E-state index is 0.253. The summed E-state index contributed by atoms with van der Waals surface area (Å²) in [4.78, 5) is 0. The predicted octanol–water partition coefficient (Wildman–Crippen LogP) is 3.37. The van der Waals surface area contributed by atoms with E-state index in [-0.39, 0.29) is 6.61 Å². The zero-order valence-electron chi connectivity index (χ0n) is 11.7. The molecule has 1 aromatic rings. The first kappa shape index (κ1) is 17.9. The van der Waals surface area contributed by atoms with E-state index in [1.54, 1.807) is 6.07 Å². The Morgan fingerprint density at radius 1 is 1.24 bits per heavy atom. The van der Waals surface area contributed by atoms with Crippen LogP contribution in [0.4, 0.5) is 13.2 Å². The summed E-state index contributed by atoms with van der Waals surface area (Å²) in [6.45, 7) is 2.26. The van der Waals surface area contributed by atoms with Crippen LogP contribution in [0, 0.1) is 0 Å². The first-order valence-electron chi connectivity index (χ1n) is 6.28. The van der Waals surface area contributed by atoms with Crippen LogP contribution in [0.5, 0.6) is 11.5 Å². The fourth-order valence-corrected chi connectivity index (χ4v) is 1.86. The summed E-state index contributed by atoms with van der Waals surface area (Å²) in [6, 6.07) is 3.21. The van der Waals surface area contributed by atoms with Gasteiger partial charge < -0.3 is 14.8 Å². The first-order chi connectivity index (χ1) is 9.87. The third-order valence-electron chi connectivity index (χ3n) is 2.48. The second kappa shape index (κ2) is 8.31. The molecule has 1 rings (SSSR count). The van der Waals surface area contributed by atoms with Crippen molar-refractivity contribution >= 4 is 11.6 Å². The Morgan fingerprint density at radius 2 is 1.95 bits per heavy atom. The second-order valence-corrected chi connectivity index (χ2v) is 4.46. The molecule has 0 aliphatic rings. The number of hydrogen-bond donors (Lipinski definition) is 1. The van der Waals surface area contributed by atoms with Crippen molar-refractivity contribution in [3.8, 4) is 11.5 Å². The third kappa shape index (κ3) is 6.41. The Morgan fingerprint density at radius 3 is 2.52 bits per heavy atom. The van der Waals surface area contributed by atoms with E-state index in [2.05, 4.69) is 10.1 Å². The molecule has 0 aliphatic heterocycles. The molecule has 0 spiro atoms. The third-order valence-corrected chi connectivity index (χ3v) is 2.70. The topological polar surface area (TPSA) is 39.7 Å². The minimum Gasteiger partial charge on any atom is -0.493 e. The Kier molecular flexibility index (Phi) is 7.07. The van der Waals surface area contributed by atoms with Crippen molar-refractivity contribution in [1.29, 1.82) is 0 Å². The van der Waals surface area contributed by atoms with E-state index >= 15 is 0 Å². The first-order valence-corrected chi connectivity index (χ1v) is 6.65. The van der Waals surface area contributed by atoms with Gasteiger partial charge in [-0.1, -0.05) is 18.5 Å². The van der Waals surface area contributed by atoms with Crippen LogP contribution in [0.1, 0.15) is 12.5 Å². The lowest BCUT2D eigenvalue weighted by Crippen LogP contribution is -2.19. The van der Waals surface area contributed by atoms with Crippen molar-refractivity contribution < 1.29 is 27.4 Å². The Labute approximate surface area is 126 Å². The average molecular weight is 328 g/mol. The summed E-state index contributed by atoms with van der Waals surface area (Å²) in [7, 11) is 1.43. The maximum atomic E-state index is 11.9. The number of methoxy groups -OCH3 is 1. The van der Waals surface area contributed by atoms with Crippen molar-refractivity contribution in [3.05, 3.63) is 22.7 Å². The van der Waals surface area contributed by atoms with Gasteiger partial charge in [-0.05, 0) is 12.6 Å². The summed E-state index contributed by atoms with van der Waals surface area (Å²) in [5.41, 5.74) is 0.702. The molecule has 0 atom stereocenters. The fraction of sp³-hybridized carbons (Fsp3) is 0.538. The van der Waals surface area contributed by atoms with Crippen molar-refractivity contribution in [2.45, 2.75) is 19.8 Å². The molecule has 120 valence electrons. The molecule has 21 heavy (non-hydrogen) atoms. The van der Waals surface area contributed by atoms with Crippen LogP contribution in [0.15, 0.2) is 12.1 Å². The largest absolute Gasteiger partial charge is 0.522 e. The number of benzene rings is 1. The summed E-state index contributed by atoms with van der Waals surface area (Å²) < 4.78 is 49.9. The molecule has 0 amide bonds. The molecular weight excluding hydrogens is 311 g/mol. The van der Waals surface area contributed by atoms with E-state index in [1.807, 2.05) is 6.92 Å². The summed E-state index contributed by atoms with van der Waals surface area (Å²) in [5, 5.41) is 3.55. The zero-order chi connectivity index (χ0) is 15.9. The van der Waals surface area contributed by atoms with Crippen LogP contribution >= 0.6 is 11.6 Å². The van der Waals surface area contributed by atoms with Crippen LogP contribution in [0.25, 0.3) is 0 Å². The van der Waals surface area contributed by atoms with Crippen LogP contribution in [-0.2, 0) is 11.3 Å². The lowest BCUT2D eigenvalue weighted by Gasteiger charge is -2.16. The SMILES string of the molecule is CCNCc1cc(Cl)cc(OC)c1OCCOC(F)(F)F. The quantitative estimate of drug-likeness (QED) is 0.743. The van der Waals surface area contributed by atoms with Gasteiger partial charge in [0.2, 0.25) is 0 Å². The number of halogens is 4. The van der Waals surface area contributed by atoms with Gasteiger partial charge in [0.25, 0.3) is 0 Å².